The highest BCUT2D eigenvalue weighted by atomic mass is 16.5. The van der Waals surface area contributed by atoms with Gasteiger partial charge in [-0.1, -0.05) is 12.1 Å². The molecule has 0 saturated heterocycles. The van der Waals surface area contributed by atoms with Gasteiger partial charge in [0, 0.05) is 5.92 Å². The molecule has 1 aromatic carbocycles. The number of nitrogens with zero attached hydrogens (tertiary/aromatic N) is 2. The number of hydrazine groups is 1. The summed E-state index contributed by atoms with van der Waals surface area (Å²) in [5.41, 5.74) is 4.21. The lowest BCUT2D eigenvalue weighted by Gasteiger charge is -2.12. The van der Waals surface area contributed by atoms with Gasteiger partial charge in [-0.25, -0.2) is 10.8 Å². The number of hydrogen-bond acceptors (Lipinski definition) is 6. The number of nitrogens with two attached hydrogens (primary N) is 1. The minimum atomic E-state index is 0.0138. The molecule has 1 heterocycles. The maximum absolute atomic E-state index is 9.05. The monoisotopic (exact) mass is 286 g/mol. The number of nitrogen functional groups attached to an aromatic ring is 1. The van der Waals surface area contributed by atoms with E-state index in [1.54, 1.807) is 12.1 Å². The average Bonchev–Trinajstić information content (AvgIpc) is 3.35. The highest BCUT2D eigenvalue weighted by molar-refractivity contribution is 5.49. The van der Waals surface area contributed by atoms with Gasteiger partial charge in [0.2, 0.25) is 5.88 Å². The summed E-state index contributed by atoms with van der Waals surface area (Å²) in [5.74, 6) is 8.47. The number of benzene rings is 1. The maximum atomic E-state index is 9.05. The Hall–Kier alpha value is -2.18. The third-order valence-corrected chi connectivity index (χ3v) is 3.52. The van der Waals surface area contributed by atoms with Crippen LogP contribution in [0.1, 0.15) is 35.7 Å². The van der Waals surface area contributed by atoms with Crippen molar-refractivity contribution in [3.8, 4) is 11.6 Å². The third-order valence-electron chi connectivity index (χ3n) is 3.52. The first kappa shape index (κ1) is 13.8. The molecule has 2 aromatic rings. The second-order valence-electron chi connectivity index (χ2n) is 5.18. The summed E-state index contributed by atoms with van der Waals surface area (Å²) in [6, 6.07) is 7.24. The lowest BCUT2D eigenvalue weighted by Crippen LogP contribution is -2.13. The maximum Gasteiger partial charge on any atom is 0.227 e. The molecule has 1 aliphatic carbocycles. The van der Waals surface area contributed by atoms with E-state index < -0.39 is 0 Å². The molecule has 21 heavy (non-hydrogen) atoms. The SMILES string of the molecule is Cc1c(NN)nc(C2CC2)nc1Oc1ccc(CO)cc1. The summed E-state index contributed by atoms with van der Waals surface area (Å²) in [4.78, 5) is 8.92. The summed E-state index contributed by atoms with van der Waals surface area (Å²) < 4.78 is 5.84. The lowest BCUT2D eigenvalue weighted by molar-refractivity contribution is 0.281. The second kappa shape index (κ2) is 5.67. The van der Waals surface area contributed by atoms with Gasteiger partial charge in [-0.05, 0) is 37.5 Å². The van der Waals surface area contributed by atoms with E-state index in [0.717, 1.165) is 29.8 Å². The van der Waals surface area contributed by atoms with Crippen molar-refractivity contribution in [1.82, 2.24) is 9.97 Å². The molecule has 3 rings (SSSR count). The van der Waals surface area contributed by atoms with E-state index in [0.29, 0.717) is 23.4 Å². The van der Waals surface area contributed by atoms with Crippen LogP contribution in [0.2, 0.25) is 0 Å². The molecule has 6 heteroatoms. The molecule has 0 spiro atoms. The smallest absolute Gasteiger partial charge is 0.227 e. The summed E-state index contributed by atoms with van der Waals surface area (Å²) in [7, 11) is 0. The number of hydrogen-bond donors (Lipinski definition) is 3. The van der Waals surface area contributed by atoms with Crippen LogP contribution in [0.4, 0.5) is 5.82 Å². The predicted molar refractivity (Wildman–Crippen MR) is 79.0 cm³/mol. The van der Waals surface area contributed by atoms with Gasteiger partial charge < -0.3 is 15.3 Å². The number of nitrogens with one attached hydrogen (secondary N) is 1. The number of aromatic nitrogens is 2. The van der Waals surface area contributed by atoms with Gasteiger partial charge in [0.05, 0.1) is 12.2 Å². The Morgan fingerprint density at radius 1 is 1.29 bits per heavy atom. The Balaban J connectivity index is 1.90. The van der Waals surface area contributed by atoms with Crippen LogP contribution in [0.3, 0.4) is 0 Å². The fraction of sp³-hybridized carbons (Fsp3) is 0.333. The average molecular weight is 286 g/mol. The minimum Gasteiger partial charge on any atom is -0.439 e. The van der Waals surface area contributed by atoms with E-state index in [2.05, 4.69) is 15.4 Å². The number of aliphatic hydroxyl groups excluding tert-OH is 1. The number of anilines is 1. The molecule has 6 nitrogen and oxygen atoms in total. The van der Waals surface area contributed by atoms with Gasteiger partial charge >= 0.3 is 0 Å². The highest BCUT2D eigenvalue weighted by Crippen LogP contribution is 2.40. The van der Waals surface area contributed by atoms with Crippen molar-refractivity contribution in [2.24, 2.45) is 5.84 Å². The van der Waals surface area contributed by atoms with E-state index in [9.17, 15) is 0 Å². The van der Waals surface area contributed by atoms with Gasteiger partial charge in [-0.3, -0.25) is 0 Å². The predicted octanol–water partition coefficient (Wildman–Crippen LogP) is 2.23. The van der Waals surface area contributed by atoms with Crippen LogP contribution in [-0.2, 0) is 6.61 Å². The van der Waals surface area contributed by atoms with E-state index in [1.807, 2.05) is 19.1 Å². The molecular formula is C15H18N4O2. The fourth-order valence-corrected chi connectivity index (χ4v) is 2.05. The molecule has 0 atom stereocenters. The minimum absolute atomic E-state index is 0.0138. The van der Waals surface area contributed by atoms with Crippen LogP contribution in [0.5, 0.6) is 11.6 Å². The Bertz CT molecular complexity index is 639. The standard InChI is InChI=1S/C15H18N4O2/c1-9-13(19-16)17-14(11-4-5-11)18-15(9)21-12-6-2-10(8-20)3-7-12/h2-3,6-7,11,20H,4-5,8,16H2,1H3,(H,17,18,19). The van der Waals surface area contributed by atoms with Crippen molar-refractivity contribution in [2.45, 2.75) is 32.3 Å². The molecule has 0 amide bonds. The highest BCUT2D eigenvalue weighted by Gasteiger charge is 2.28. The normalized spacial score (nSPS) is 14.0. The molecule has 0 radical (unpaired) electrons. The first-order valence-corrected chi connectivity index (χ1v) is 6.94. The lowest BCUT2D eigenvalue weighted by atomic mass is 10.2. The van der Waals surface area contributed by atoms with Crippen LogP contribution >= 0.6 is 0 Å². The van der Waals surface area contributed by atoms with Crippen LogP contribution in [0, 0.1) is 6.92 Å². The van der Waals surface area contributed by atoms with E-state index in [4.69, 9.17) is 15.7 Å². The van der Waals surface area contributed by atoms with Crippen LogP contribution in [0.25, 0.3) is 0 Å². The zero-order valence-corrected chi connectivity index (χ0v) is 11.8. The zero-order valence-electron chi connectivity index (χ0n) is 11.8. The molecule has 1 aliphatic rings. The van der Waals surface area contributed by atoms with Crippen molar-refractivity contribution >= 4 is 5.82 Å². The Kier molecular flexibility index (Phi) is 3.72. The van der Waals surface area contributed by atoms with Crippen molar-refractivity contribution in [3.63, 3.8) is 0 Å². The van der Waals surface area contributed by atoms with Crippen LogP contribution < -0.4 is 16.0 Å². The van der Waals surface area contributed by atoms with Crippen molar-refractivity contribution in [2.75, 3.05) is 5.43 Å². The zero-order chi connectivity index (χ0) is 14.8. The largest absolute Gasteiger partial charge is 0.439 e. The first-order chi connectivity index (χ1) is 10.2. The Labute approximate surface area is 123 Å². The van der Waals surface area contributed by atoms with E-state index >= 15 is 0 Å². The summed E-state index contributed by atoms with van der Waals surface area (Å²) in [6.07, 6.45) is 2.22. The second-order valence-corrected chi connectivity index (χ2v) is 5.18. The molecule has 0 bridgehead atoms. The van der Waals surface area contributed by atoms with Gasteiger partial charge in [-0.2, -0.15) is 4.98 Å². The molecule has 0 unspecified atom stereocenters. The number of aliphatic hydroxyl groups is 1. The first-order valence-electron chi connectivity index (χ1n) is 6.94. The molecule has 110 valence electrons. The van der Waals surface area contributed by atoms with Gasteiger partial charge in [-0.15, -0.1) is 0 Å². The summed E-state index contributed by atoms with van der Waals surface area (Å²) in [5, 5.41) is 9.05. The number of ether oxygens (including phenoxy) is 1. The molecule has 4 N–H and O–H groups in total. The topological polar surface area (TPSA) is 93.3 Å². The van der Waals surface area contributed by atoms with Gasteiger partial charge in [0.15, 0.2) is 5.82 Å². The van der Waals surface area contributed by atoms with Crippen LogP contribution in [-0.4, -0.2) is 15.1 Å². The van der Waals surface area contributed by atoms with Crippen molar-refractivity contribution in [1.29, 1.82) is 0 Å². The summed E-state index contributed by atoms with van der Waals surface area (Å²) >= 11 is 0. The third kappa shape index (κ3) is 2.96. The van der Waals surface area contributed by atoms with E-state index in [-0.39, 0.29) is 6.61 Å². The Morgan fingerprint density at radius 3 is 2.57 bits per heavy atom. The van der Waals surface area contributed by atoms with Crippen LogP contribution in [0.15, 0.2) is 24.3 Å². The Morgan fingerprint density at radius 2 is 2.00 bits per heavy atom. The van der Waals surface area contributed by atoms with E-state index in [1.165, 1.54) is 0 Å². The van der Waals surface area contributed by atoms with Gasteiger partial charge in [0.25, 0.3) is 0 Å². The van der Waals surface area contributed by atoms with Gasteiger partial charge in [0.1, 0.15) is 11.6 Å². The molecule has 1 aromatic heterocycles. The fourth-order valence-electron chi connectivity index (χ4n) is 2.05. The molecule has 1 saturated carbocycles. The van der Waals surface area contributed by atoms with Crippen molar-refractivity contribution in [3.05, 3.63) is 41.2 Å². The quantitative estimate of drug-likeness (QED) is 0.576. The molecule has 0 aliphatic heterocycles. The number of rotatable bonds is 5. The summed E-state index contributed by atoms with van der Waals surface area (Å²) in [6.45, 7) is 1.88. The molecule has 1 fully saturated rings. The van der Waals surface area contributed by atoms with Crippen molar-refractivity contribution < 1.29 is 9.84 Å². The molecular weight excluding hydrogens is 268 g/mol.